The molecule has 0 fully saturated rings. The van der Waals surface area contributed by atoms with E-state index in [4.69, 9.17) is 4.74 Å². The first-order chi connectivity index (χ1) is 14.1. The molecule has 0 amide bonds. The Morgan fingerprint density at radius 1 is 1.13 bits per heavy atom. The van der Waals surface area contributed by atoms with Gasteiger partial charge in [-0.1, -0.05) is 12.1 Å². The summed E-state index contributed by atoms with van der Waals surface area (Å²) in [6.07, 6.45) is -0.707. The van der Waals surface area contributed by atoms with Crippen LogP contribution in [-0.2, 0) is 23.0 Å². The molecule has 3 aromatic rings. The van der Waals surface area contributed by atoms with Gasteiger partial charge in [-0.2, -0.15) is 13.2 Å². The normalized spacial score (nSPS) is 12.3. The highest BCUT2D eigenvalue weighted by molar-refractivity contribution is 7.92. The monoisotopic (exact) mass is 441 g/mol. The van der Waals surface area contributed by atoms with Gasteiger partial charge in [0.2, 0.25) is 10.0 Å². The first kappa shape index (κ1) is 22.0. The number of anilines is 1. The number of aromatic nitrogens is 1. The number of H-pyrrole nitrogens is 1. The smallest absolute Gasteiger partial charge is 0.422 e. The van der Waals surface area contributed by atoms with E-state index in [-0.39, 0.29) is 5.75 Å². The van der Waals surface area contributed by atoms with Crippen LogP contribution in [0.3, 0.4) is 0 Å². The molecule has 30 heavy (non-hydrogen) atoms. The van der Waals surface area contributed by atoms with Crippen LogP contribution < -0.4 is 14.8 Å². The van der Waals surface area contributed by atoms with Crippen molar-refractivity contribution in [3.63, 3.8) is 0 Å². The maximum atomic E-state index is 12.3. The third kappa shape index (κ3) is 6.67. The standard InChI is InChI=1S/C20H22F3N3O3S/c1-30(27,28)26-16-5-6-19-18(10-16)15(12-25-19)7-8-24-11-14-3-2-4-17(9-14)29-13-20(21,22)23/h2-6,9-10,12,24-26H,7-8,11,13H2,1H3. The number of nitrogens with one attached hydrogen (secondary N) is 3. The number of ether oxygens (including phenoxy) is 1. The number of alkyl halides is 3. The Morgan fingerprint density at radius 3 is 2.67 bits per heavy atom. The van der Waals surface area contributed by atoms with E-state index in [9.17, 15) is 21.6 Å². The minimum atomic E-state index is -4.37. The zero-order chi connectivity index (χ0) is 21.8. The lowest BCUT2D eigenvalue weighted by molar-refractivity contribution is -0.153. The molecule has 0 aliphatic heterocycles. The first-order valence-corrected chi connectivity index (χ1v) is 11.1. The van der Waals surface area contributed by atoms with Gasteiger partial charge in [0.15, 0.2) is 6.61 Å². The Labute approximate surface area is 172 Å². The van der Waals surface area contributed by atoms with Gasteiger partial charge in [0.05, 0.1) is 6.26 Å². The van der Waals surface area contributed by atoms with Crippen molar-refractivity contribution in [1.29, 1.82) is 0 Å². The molecular formula is C20H22F3N3O3S. The van der Waals surface area contributed by atoms with Crippen molar-refractivity contribution in [3.8, 4) is 5.75 Å². The van der Waals surface area contributed by atoms with Gasteiger partial charge in [0.25, 0.3) is 0 Å². The Hall–Kier alpha value is -2.72. The Kier molecular flexibility index (Phi) is 6.57. The fourth-order valence-corrected chi connectivity index (χ4v) is 3.58. The summed E-state index contributed by atoms with van der Waals surface area (Å²) in [5.74, 6) is 0.175. The maximum absolute atomic E-state index is 12.3. The number of sulfonamides is 1. The van der Waals surface area contributed by atoms with Crippen LogP contribution in [-0.4, -0.2) is 39.0 Å². The lowest BCUT2D eigenvalue weighted by Gasteiger charge is -2.11. The van der Waals surface area contributed by atoms with Crippen molar-refractivity contribution >= 4 is 26.6 Å². The predicted octanol–water partition coefficient (Wildman–Crippen LogP) is 3.81. The van der Waals surface area contributed by atoms with Crippen LogP contribution in [0.4, 0.5) is 18.9 Å². The molecule has 0 aliphatic rings. The molecule has 0 saturated heterocycles. The van der Waals surface area contributed by atoms with E-state index < -0.39 is 22.8 Å². The summed E-state index contributed by atoms with van der Waals surface area (Å²) in [5, 5.41) is 4.18. The van der Waals surface area contributed by atoms with E-state index in [1.165, 1.54) is 6.07 Å². The van der Waals surface area contributed by atoms with Gasteiger partial charge in [-0.3, -0.25) is 4.72 Å². The second-order valence-corrected chi connectivity index (χ2v) is 8.67. The van der Waals surface area contributed by atoms with E-state index in [1.807, 2.05) is 18.3 Å². The minimum absolute atomic E-state index is 0.175. The summed E-state index contributed by atoms with van der Waals surface area (Å²) < 4.78 is 66.9. The van der Waals surface area contributed by atoms with Gasteiger partial charge in [-0.05, 0) is 54.4 Å². The fourth-order valence-electron chi connectivity index (χ4n) is 3.03. The zero-order valence-corrected chi connectivity index (χ0v) is 17.0. The summed E-state index contributed by atoms with van der Waals surface area (Å²) in [6.45, 7) is -0.211. The zero-order valence-electron chi connectivity index (χ0n) is 16.2. The molecule has 0 radical (unpaired) electrons. The van der Waals surface area contributed by atoms with Crippen LogP contribution >= 0.6 is 0 Å². The Balaban J connectivity index is 1.55. The summed E-state index contributed by atoms with van der Waals surface area (Å²) in [7, 11) is -3.35. The van der Waals surface area contributed by atoms with Crippen LogP contribution in [0.15, 0.2) is 48.7 Å². The van der Waals surface area contributed by atoms with Crippen molar-refractivity contribution < 1.29 is 26.3 Å². The molecule has 1 heterocycles. The molecule has 0 atom stereocenters. The fraction of sp³-hybridized carbons (Fsp3) is 0.300. The number of hydrogen-bond donors (Lipinski definition) is 3. The molecule has 162 valence electrons. The lowest BCUT2D eigenvalue weighted by Crippen LogP contribution is -2.19. The number of benzene rings is 2. The Bertz CT molecular complexity index is 1110. The van der Waals surface area contributed by atoms with E-state index >= 15 is 0 Å². The van der Waals surface area contributed by atoms with E-state index in [1.54, 1.807) is 24.3 Å². The molecule has 1 aromatic heterocycles. The van der Waals surface area contributed by atoms with Crippen molar-refractivity contribution in [2.24, 2.45) is 0 Å². The van der Waals surface area contributed by atoms with Crippen molar-refractivity contribution in [1.82, 2.24) is 10.3 Å². The van der Waals surface area contributed by atoms with Gasteiger partial charge in [0.1, 0.15) is 5.75 Å². The van der Waals surface area contributed by atoms with Crippen LogP contribution in [0.2, 0.25) is 0 Å². The molecule has 0 aliphatic carbocycles. The minimum Gasteiger partial charge on any atom is -0.484 e. The van der Waals surface area contributed by atoms with Crippen molar-refractivity contribution in [3.05, 3.63) is 59.8 Å². The molecule has 0 bridgehead atoms. The Morgan fingerprint density at radius 2 is 1.93 bits per heavy atom. The summed E-state index contributed by atoms with van der Waals surface area (Å²) in [5.41, 5.74) is 3.23. The number of halogens is 3. The van der Waals surface area contributed by atoms with E-state index in [0.29, 0.717) is 25.2 Å². The highest BCUT2D eigenvalue weighted by atomic mass is 32.2. The summed E-state index contributed by atoms with van der Waals surface area (Å²) >= 11 is 0. The number of aromatic amines is 1. The summed E-state index contributed by atoms with van der Waals surface area (Å²) in [6, 6.07) is 11.8. The highest BCUT2D eigenvalue weighted by Gasteiger charge is 2.28. The van der Waals surface area contributed by atoms with Crippen LogP contribution in [0, 0.1) is 0 Å². The van der Waals surface area contributed by atoms with Gasteiger partial charge in [-0.15, -0.1) is 0 Å². The predicted molar refractivity (Wildman–Crippen MR) is 110 cm³/mol. The first-order valence-electron chi connectivity index (χ1n) is 9.16. The quantitative estimate of drug-likeness (QED) is 0.441. The molecule has 6 nitrogen and oxygen atoms in total. The van der Waals surface area contributed by atoms with Gasteiger partial charge < -0.3 is 15.0 Å². The topological polar surface area (TPSA) is 83.2 Å². The van der Waals surface area contributed by atoms with Crippen LogP contribution in [0.25, 0.3) is 10.9 Å². The maximum Gasteiger partial charge on any atom is 0.422 e. The van der Waals surface area contributed by atoms with Crippen LogP contribution in [0.5, 0.6) is 5.75 Å². The molecule has 0 saturated carbocycles. The van der Waals surface area contributed by atoms with Gasteiger partial charge in [0, 0.05) is 29.3 Å². The third-order valence-electron chi connectivity index (χ3n) is 4.27. The van der Waals surface area contributed by atoms with E-state index in [2.05, 4.69) is 15.0 Å². The molecule has 0 unspecified atom stereocenters. The van der Waals surface area contributed by atoms with E-state index in [0.717, 1.165) is 28.3 Å². The number of rotatable bonds is 9. The molecule has 2 aromatic carbocycles. The van der Waals surface area contributed by atoms with Gasteiger partial charge >= 0.3 is 6.18 Å². The average Bonchev–Trinajstić information content (AvgIpc) is 3.04. The molecule has 0 spiro atoms. The largest absolute Gasteiger partial charge is 0.484 e. The van der Waals surface area contributed by atoms with Crippen molar-refractivity contribution in [2.45, 2.75) is 19.1 Å². The SMILES string of the molecule is CS(=O)(=O)Nc1ccc2[nH]cc(CCNCc3cccc(OCC(F)(F)F)c3)c2c1. The molecule has 10 heteroatoms. The molecular weight excluding hydrogens is 419 g/mol. The highest BCUT2D eigenvalue weighted by Crippen LogP contribution is 2.23. The number of hydrogen-bond acceptors (Lipinski definition) is 4. The molecule has 3 N–H and O–H groups in total. The third-order valence-corrected chi connectivity index (χ3v) is 4.88. The molecule has 3 rings (SSSR count). The number of fused-ring (bicyclic) bond motifs is 1. The van der Waals surface area contributed by atoms with Gasteiger partial charge in [-0.25, -0.2) is 8.42 Å². The average molecular weight is 441 g/mol. The second-order valence-electron chi connectivity index (χ2n) is 6.93. The lowest BCUT2D eigenvalue weighted by atomic mass is 10.1. The second kappa shape index (κ2) is 8.97. The van der Waals surface area contributed by atoms with Crippen LogP contribution in [0.1, 0.15) is 11.1 Å². The summed E-state index contributed by atoms with van der Waals surface area (Å²) in [4.78, 5) is 3.16. The van der Waals surface area contributed by atoms with Crippen molar-refractivity contribution in [2.75, 3.05) is 24.1 Å².